The van der Waals surface area contributed by atoms with Gasteiger partial charge in [-0.3, -0.25) is 9.10 Å². The number of rotatable bonds is 5. The number of halogens is 1. The lowest BCUT2D eigenvalue weighted by molar-refractivity contribution is 0.0984. The first kappa shape index (κ1) is 22.8. The largest absolute Gasteiger partial charge is 0.497 e. The first-order valence-corrected chi connectivity index (χ1v) is 12.0. The third-order valence-electron chi connectivity index (χ3n) is 5.81. The molecule has 1 aliphatic rings. The highest BCUT2D eigenvalue weighted by molar-refractivity contribution is 7.92. The highest BCUT2D eigenvalue weighted by Gasteiger charge is 2.28. The van der Waals surface area contributed by atoms with Crippen LogP contribution in [0.15, 0.2) is 65.6 Å². The topological polar surface area (TPSA) is 66.9 Å². The highest BCUT2D eigenvalue weighted by atomic mass is 32.2. The Morgan fingerprint density at radius 1 is 1.09 bits per heavy atom. The van der Waals surface area contributed by atoms with Gasteiger partial charge in [0.25, 0.3) is 15.9 Å². The SMILES string of the molecule is COc1ccc(N(C)S(=O)(=O)c2cccc(C(=O)N3CCCc4cc(C)cc(F)c43)c2)cc1. The van der Waals surface area contributed by atoms with Crippen LogP contribution >= 0.6 is 0 Å². The van der Waals surface area contributed by atoms with Crippen LogP contribution < -0.4 is 13.9 Å². The number of nitrogens with zero attached hydrogens (tertiary/aromatic N) is 2. The van der Waals surface area contributed by atoms with Gasteiger partial charge in [-0.25, -0.2) is 12.8 Å². The number of carbonyl (C=O) groups is 1. The first-order chi connectivity index (χ1) is 15.7. The Labute approximate surface area is 193 Å². The summed E-state index contributed by atoms with van der Waals surface area (Å²) in [6, 6.07) is 15.8. The standard InChI is InChI=1S/C25H25FN2O4S/c1-17-14-18-7-5-13-28(24(18)23(26)15-17)25(29)19-6-4-8-22(16-19)33(30,31)27(2)20-9-11-21(32-3)12-10-20/h4,6,8-12,14-16H,5,7,13H2,1-3H3. The van der Waals surface area contributed by atoms with E-state index in [0.29, 0.717) is 30.8 Å². The third-order valence-corrected chi connectivity index (χ3v) is 7.59. The minimum atomic E-state index is -3.92. The molecule has 0 unspecified atom stereocenters. The summed E-state index contributed by atoms with van der Waals surface area (Å²) in [5.74, 6) is -0.259. The summed E-state index contributed by atoms with van der Waals surface area (Å²) in [6.45, 7) is 2.19. The molecule has 1 amide bonds. The minimum absolute atomic E-state index is 0.0201. The molecule has 0 bridgehead atoms. The van der Waals surface area contributed by atoms with Crippen molar-refractivity contribution in [2.24, 2.45) is 0 Å². The zero-order valence-electron chi connectivity index (χ0n) is 18.7. The lowest BCUT2D eigenvalue weighted by Crippen LogP contribution is -2.36. The van der Waals surface area contributed by atoms with Gasteiger partial charge in [-0.2, -0.15) is 0 Å². The average Bonchev–Trinajstić information content (AvgIpc) is 2.82. The second-order valence-electron chi connectivity index (χ2n) is 8.01. The van der Waals surface area contributed by atoms with Crippen molar-refractivity contribution in [2.45, 2.75) is 24.7 Å². The molecule has 1 heterocycles. The Hall–Kier alpha value is -3.39. The maximum atomic E-state index is 14.8. The molecule has 0 N–H and O–H groups in total. The summed E-state index contributed by atoms with van der Waals surface area (Å²) in [5.41, 5.74) is 2.51. The number of fused-ring (bicyclic) bond motifs is 1. The van der Waals surface area contributed by atoms with Gasteiger partial charge in [0, 0.05) is 19.2 Å². The predicted molar refractivity (Wildman–Crippen MR) is 126 cm³/mol. The van der Waals surface area contributed by atoms with E-state index in [9.17, 15) is 17.6 Å². The molecular formula is C25H25FN2O4S. The summed E-state index contributed by atoms with van der Waals surface area (Å²) < 4.78 is 47.5. The van der Waals surface area contributed by atoms with Gasteiger partial charge in [0.2, 0.25) is 0 Å². The summed E-state index contributed by atoms with van der Waals surface area (Å²) in [6.07, 6.45) is 1.40. The molecule has 8 heteroatoms. The maximum absolute atomic E-state index is 14.8. The van der Waals surface area contributed by atoms with Crippen LogP contribution in [0.5, 0.6) is 5.75 Å². The number of ether oxygens (including phenoxy) is 1. The van der Waals surface area contributed by atoms with Crippen LogP contribution in [0, 0.1) is 12.7 Å². The molecule has 0 aromatic heterocycles. The number of hydrogen-bond acceptors (Lipinski definition) is 4. The van der Waals surface area contributed by atoms with E-state index in [4.69, 9.17) is 4.74 Å². The minimum Gasteiger partial charge on any atom is -0.497 e. The molecular weight excluding hydrogens is 443 g/mol. The number of sulfonamides is 1. The number of hydrogen-bond donors (Lipinski definition) is 0. The van der Waals surface area contributed by atoms with Crippen molar-refractivity contribution in [1.29, 1.82) is 0 Å². The van der Waals surface area contributed by atoms with Crippen molar-refractivity contribution in [3.8, 4) is 5.75 Å². The molecule has 0 radical (unpaired) electrons. The number of benzene rings is 3. The van der Waals surface area contributed by atoms with E-state index in [2.05, 4.69) is 0 Å². The van der Waals surface area contributed by atoms with Gasteiger partial charge in [-0.05, 0) is 79.4 Å². The quantitative estimate of drug-likeness (QED) is 0.551. The zero-order valence-corrected chi connectivity index (χ0v) is 19.5. The fourth-order valence-electron chi connectivity index (χ4n) is 4.08. The summed E-state index contributed by atoms with van der Waals surface area (Å²) in [4.78, 5) is 14.7. The van der Waals surface area contributed by atoms with Gasteiger partial charge in [0.1, 0.15) is 11.6 Å². The molecule has 0 spiro atoms. The molecule has 0 aliphatic carbocycles. The fourth-order valence-corrected chi connectivity index (χ4v) is 5.32. The normalized spacial score (nSPS) is 13.4. The number of methoxy groups -OCH3 is 1. The van der Waals surface area contributed by atoms with E-state index in [1.165, 1.54) is 43.3 Å². The first-order valence-electron chi connectivity index (χ1n) is 10.6. The smallest absolute Gasteiger partial charge is 0.264 e. The van der Waals surface area contributed by atoms with Crippen LogP contribution in [-0.4, -0.2) is 35.0 Å². The number of anilines is 2. The van der Waals surface area contributed by atoms with E-state index >= 15 is 0 Å². The maximum Gasteiger partial charge on any atom is 0.264 e. The van der Waals surface area contributed by atoms with Gasteiger partial charge in [-0.1, -0.05) is 12.1 Å². The number of amides is 1. The van der Waals surface area contributed by atoms with E-state index < -0.39 is 21.7 Å². The molecule has 6 nitrogen and oxygen atoms in total. The third kappa shape index (κ3) is 4.30. The van der Waals surface area contributed by atoms with Crippen molar-refractivity contribution in [2.75, 3.05) is 29.9 Å². The molecule has 4 rings (SSSR count). The number of aryl methyl sites for hydroxylation is 2. The van der Waals surface area contributed by atoms with Gasteiger partial charge >= 0.3 is 0 Å². The van der Waals surface area contributed by atoms with E-state index in [-0.39, 0.29) is 16.1 Å². The molecule has 172 valence electrons. The van der Waals surface area contributed by atoms with Crippen molar-refractivity contribution < 1.29 is 22.3 Å². The van der Waals surface area contributed by atoms with Crippen LogP contribution in [0.3, 0.4) is 0 Å². The molecule has 3 aromatic rings. The van der Waals surface area contributed by atoms with Crippen LogP contribution in [-0.2, 0) is 16.4 Å². The van der Waals surface area contributed by atoms with Crippen LogP contribution in [0.2, 0.25) is 0 Å². The predicted octanol–water partition coefficient (Wildman–Crippen LogP) is 4.56. The van der Waals surface area contributed by atoms with Crippen molar-refractivity contribution in [1.82, 2.24) is 0 Å². The molecule has 0 fully saturated rings. The van der Waals surface area contributed by atoms with Gasteiger partial charge in [-0.15, -0.1) is 0 Å². The summed E-state index contributed by atoms with van der Waals surface area (Å²) in [5, 5.41) is 0. The molecule has 3 aromatic carbocycles. The zero-order chi connectivity index (χ0) is 23.8. The number of carbonyl (C=O) groups excluding carboxylic acids is 1. The van der Waals surface area contributed by atoms with Crippen LogP contribution in [0.25, 0.3) is 0 Å². The van der Waals surface area contributed by atoms with Crippen molar-refractivity contribution in [3.05, 3.63) is 83.2 Å². The van der Waals surface area contributed by atoms with Crippen LogP contribution in [0.4, 0.5) is 15.8 Å². The molecule has 0 saturated carbocycles. The summed E-state index contributed by atoms with van der Waals surface area (Å²) in [7, 11) is -0.943. The monoisotopic (exact) mass is 468 g/mol. The Balaban J connectivity index is 1.66. The highest BCUT2D eigenvalue weighted by Crippen LogP contribution is 2.33. The average molecular weight is 469 g/mol. The van der Waals surface area contributed by atoms with Gasteiger partial charge in [0.05, 0.1) is 23.4 Å². The Morgan fingerprint density at radius 3 is 2.52 bits per heavy atom. The lowest BCUT2D eigenvalue weighted by Gasteiger charge is -2.30. The van der Waals surface area contributed by atoms with E-state index in [1.54, 1.807) is 30.3 Å². The van der Waals surface area contributed by atoms with Crippen LogP contribution in [0.1, 0.15) is 27.9 Å². The van der Waals surface area contributed by atoms with Gasteiger partial charge in [0.15, 0.2) is 0 Å². The summed E-state index contributed by atoms with van der Waals surface area (Å²) >= 11 is 0. The molecule has 33 heavy (non-hydrogen) atoms. The molecule has 0 saturated heterocycles. The fraction of sp³-hybridized carbons (Fsp3) is 0.240. The molecule has 0 atom stereocenters. The van der Waals surface area contributed by atoms with Crippen molar-refractivity contribution >= 4 is 27.3 Å². The van der Waals surface area contributed by atoms with Crippen molar-refractivity contribution in [3.63, 3.8) is 0 Å². The lowest BCUT2D eigenvalue weighted by atomic mass is 9.98. The Morgan fingerprint density at radius 2 is 1.82 bits per heavy atom. The molecule has 1 aliphatic heterocycles. The second kappa shape index (κ2) is 8.86. The van der Waals surface area contributed by atoms with E-state index in [1.807, 2.05) is 13.0 Å². The van der Waals surface area contributed by atoms with Gasteiger partial charge < -0.3 is 9.64 Å². The Bertz CT molecular complexity index is 1310. The van der Waals surface area contributed by atoms with E-state index in [0.717, 1.165) is 15.4 Å². The Kier molecular flexibility index (Phi) is 6.12. The second-order valence-corrected chi connectivity index (χ2v) is 9.98.